The van der Waals surface area contributed by atoms with Gasteiger partial charge in [0.15, 0.2) is 0 Å². The van der Waals surface area contributed by atoms with Crippen LogP contribution in [0.2, 0.25) is 0 Å². The second-order valence-corrected chi connectivity index (χ2v) is 7.14. The Balaban J connectivity index is 2.18. The van der Waals surface area contributed by atoms with E-state index in [2.05, 4.69) is 4.72 Å². The Bertz CT molecular complexity index is 727. The summed E-state index contributed by atoms with van der Waals surface area (Å²) in [6, 6.07) is 14.2. The lowest BCUT2D eigenvalue weighted by Crippen LogP contribution is -2.39. The van der Waals surface area contributed by atoms with Crippen molar-refractivity contribution >= 4 is 10.0 Å². The summed E-state index contributed by atoms with van der Waals surface area (Å²) in [6.07, 6.45) is 0.446. The minimum absolute atomic E-state index is 0.251. The van der Waals surface area contributed by atoms with Gasteiger partial charge in [0.05, 0.1) is 11.5 Å². The minimum Gasteiger partial charge on any atom is -0.395 e. The summed E-state index contributed by atoms with van der Waals surface area (Å²) in [7, 11) is -3.65. The number of hydrogen-bond acceptors (Lipinski definition) is 3. The van der Waals surface area contributed by atoms with E-state index in [1.165, 1.54) is 0 Å². The van der Waals surface area contributed by atoms with Gasteiger partial charge in [-0.25, -0.2) is 13.1 Å². The van der Waals surface area contributed by atoms with E-state index >= 15 is 0 Å². The molecule has 0 aliphatic rings. The number of benzene rings is 2. The first-order valence-electron chi connectivity index (χ1n) is 7.17. The zero-order valence-electron chi connectivity index (χ0n) is 12.8. The molecule has 118 valence electrons. The fourth-order valence-corrected chi connectivity index (χ4v) is 3.88. The summed E-state index contributed by atoms with van der Waals surface area (Å²) >= 11 is 0. The van der Waals surface area contributed by atoms with Crippen LogP contribution in [0.4, 0.5) is 0 Å². The summed E-state index contributed by atoms with van der Waals surface area (Å²) in [5.41, 5.74) is 2.69. The molecule has 4 nitrogen and oxygen atoms in total. The lowest BCUT2D eigenvalue weighted by molar-refractivity contribution is 0.256. The molecule has 1 atom stereocenters. The molecule has 2 N–H and O–H groups in total. The van der Waals surface area contributed by atoms with Crippen LogP contribution >= 0.6 is 0 Å². The Hall–Kier alpha value is -1.69. The topological polar surface area (TPSA) is 66.4 Å². The van der Waals surface area contributed by atoms with Gasteiger partial charge in [0.1, 0.15) is 0 Å². The maximum atomic E-state index is 12.5. The third kappa shape index (κ3) is 4.16. The summed E-state index contributed by atoms with van der Waals surface area (Å²) < 4.78 is 27.6. The number of hydrogen-bond donors (Lipinski definition) is 2. The van der Waals surface area contributed by atoms with E-state index in [-0.39, 0.29) is 11.5 Å². The molecule has 0 aromatic heterocycles. The monoisotopic (exact) mass is 319 g/mol. The van der Waals surface area contributed by atoms with Gasteiger partial charge in [-0.2, -0.15) is 0 Å². The Morgan fingerprint density at radius 3 is 2.36 bits per heavy atom. The van der Waals surface area contributed by atoms with Crippen molar-refractivity contribution in [1.29, 1.82) is 0 Å². The number of aliphatic hydroxyl groups is 1. The Kier molecular flexibility index (Phi) is 5.34. The molecule has 0 spiro atoms. The Morgan fingerprint density at radius 1 is 1.09 bits per heavy atom. The molecule has 22 heavy (non-hydrogen) atoms. The highest BCUT2D eigenvalue weighted by Crippen LogP contribution is 2.17. The van der Waals surface area contributed by atoms with Gasteiger partial charge in [0.25, 0.3) is 0 Å². The number of aliphatic hydroxyl groups excluding tert-OH is 1. The molecule has 2 aromatic carbocycles. The van der Waals surface area contributed by atoms with E-state index in [9.17, 15) is 13.5 Å². The van der Waals surface area contributed by atoms with E-state index in [0.717, 1.165) is 11.1 Å². The fraction of sp³-hybridized carbons (Fsp3) is 0.294. The van der Waals surface area contributed by atoms with Crippen LogP contribution < -0.4 is 4.72 Å². The normalized spacial score (nSPS) is 13.0. The SMILES string of the molecule is Cc1ccc(S(=O)(=O)N[C@H](CO)Cc2ccccc2)c(C)c1. The van der Waals surface area contributed by atoms with Crippen LogP contribution in [0.25, 0.3) is 0 Å². The summed E-state index contributed by atoms with van der Waals surface area (Å²) in [5, 5.41) is 9.48. The zero-order chi connectivity index (χ0) is 16.2. The predicted octanol–water partition coefficient (Wildman–Crippen LogP) is 2.19. The van der Waals surface area contributed by atoms with Gasteiger partial charge in [-0.1, -0.05) is 48.0 Å². The van der Waals surface area contributed by atoms with Gasteiger partial charge in [-0.15, -0.1) is 0 Å². The van der Waals surface area contributed by atoms with Crippen molar-refractivity contribution in [3.05, 3.63) is 65.2 Å². The van der Waals surface area contributed by atoms with E-state index in [0.29, 0.717) is 12.0 Å². The highest BCUT2D eigenvalue weighted by atomic mass is 32.2. The molecule has 0 saturated heterocycles. The number of sulfonamides is 1. The lowest BCUT2D eigenvalue weighted by atomic mass is 10.1. The van der Waals surface area contributed by atoms with Crippen molar-refractivity contribution in [2.24, 2.45) is 0 Å². The molecule has 0 saturated carbocycles. The van der Waals surface area contributed by atoms with E-state index in [4.69, 9.17) is 0 Å². The molecule has 0 radical (unpaired) electrons. The van der Waals surface area contributed by atoms with Gasteiger partial charge in [-0.3, -0.25) is 0 Å². The van der Waals surface area contributed by atoms with Crippen molar-refractivity contribution < 1.29 is 13.5 Å². The maximum absolute atomic E-state index is 12.5. The largest absolute Gasteiger partial charge is 0.395 e. The first-order chi connectivity index (χ1) is 10.4. The smallest absolute Gasteiger partial charge is 0.241 e. The third-order valence-electron chi connectivity index (χ3n) is 3.49. The van der Waals surface area contributed by atoms with Crippen molar-refractivity contribution in [3.63, 3.8) is 0 Å². The zero-order valence-corrected chi connectivity index (χ0v) is 13.6. The minimum atomic E-state index is -3.65. The van der Waals surface area contributed by atoms with Crippen LogP contribution in [0.5, 0.6) is 0 Å². The maximum Gasteiger partial charge on any atom is 0.241 e. The molecule has 5 heteroatoms. The van der Waals surface area contributed by atoms with Crippen LogP contribution in [0.3, 0.4) is 0 Å². The third-order valence-corrected chi connectivity index (χ3v) is 5.17. The molecule has 0 heterocycles. The van der Waals surface area contributed by atoms with Crippen LogP contribution in [-0.2, 0) is 16.4 Å². The van der Waals surface area contributed by atoms with Crippen molar-refractivity contribution in [3.8, 4) is 0 Å². The quantitative estimate of drug-likeness (QED) is 0.858. The predicted molar refractivity (Wildman–Crippen MR) is 87.3 cm³/mol. The first-order valence-corrected chi connectivity index (χ1v) is 8.65. The molecule has 0 fully saturated rings. The molecule has 2 aromatic rings. The number of aryl methyl sites for hydroxylation is 2. The molecule has 0 aliphatic heterocycles. The van der Waals surface area contributed by atoms with Gasteiger partial charge < -0.3 is 5.11 Å². The van der Waals surface area contributed by atoms with Gasteiger partial charge >= 0.3 is 0 Å². The molecule has 2 rings (SSSR count). The highest BCUT2D eigenvalue weighted by Gasteiger charge is 2.21. The van der Waals surface area contributed by atoms with Crippen molar-refractivity contribution in [1.82, 2.24) is 4.72 Å². The standard InChI is InChI=1S/C17H21NO3S/c1-13-8-9-17(14(2)10-13)22(20,21)18-16(12-19)11-15-6-4-3-5-7-15/h3-10,16,18-19H,11-12H2,1-2H3/t16-/m0/s1. The van der Waals surface area contributed by atoms with Gasteiger partial charge in [-0.05, 0) is 37.5 Å². The molecule has 0 amide bonds. The average molecular weight is 319 g/mol. The van der Waals surface area contributed by atoms with Crippen molar-refractivity contribution in [2.75, 3.05) is 6.61 Å². The highest BCUT2D eigenvalue weighted by molar-refractivity contribution is 7.89. The second kappa shape index (κ2) is 7.05. The molecular weight excluding hydrogens is 298 g/mol. The fourth-order valence-electron chi connectivity index (χ4n) is 2.43. The van der Waals surface area contributed by atoms with Crippen LogP contribution in [0.1, 0.15) is 16.7 Å². The van der Waals surface area contributed by atoms with E-state index in [1.807, 2.05) is 43.3 Å². The van der Waals surface area contributed by atoms with Gasteiger partial charge in [0, 0.05) is 6.04 Å². The van der Waals surface area contributed by atoms with E-state index in [1.54, 1.807) is 19.1 Å². The van der Waals surface area contributed by atoms with Gasteiger partial charge in [0.2, 0.25) is 10.0 Å². The summed E-state index contributed by atoms with van der Waals surface area (Å²) in [5.74, 6) is 0. The number of rotatable bonds is 6. The molecular formula is C17H21NO3S. The van der Waals surface area contributed by atoms with E-state index < -0.39 is 16.1 Å². The number of nitrogens with one attached hydrogen (secondary N) is 1. The Morgan fingerprint density at radius 2 is 1.77 bits per heavy atom. The Labute approximate surface area is 131 Å². The molecule has 0 aliphatic carbocycles. The lowest BCUT2D eigenvalue weighted by Gasteiger charge is -2.17. The summed E-state index contributed by atoms with van der Waals surface area (Å²) in [6.45, 7) is 3.44. The van der Waals surface area contributed by atoms with Crippen LogP contribution in [-0.4, -0.2) is 26.2 Å². The average Bonchev–Trinajstić information content (AvgIpc) is 2.47. The van der Waals surface area contributed by atoms with Crippen LogP contribution in [0.15, 0.2) is 53.4 Å². The van der Waals surface area contributed by atoms with Crippen LogP contribution in [0, 0.1) is 13.8 Å². The first kappa shape index (κ1) is 16.7. The van der Waals surface area contributed by atoms with Crippen molar-refractivity contribution in [2.45, 2.75) is 31.2 Å². The second-order valence-electron chi connectivity index (χ2n) is 5.46. The molecule has 0 unspecified atom stereocenters. The summed E-state index contributed by atoms with van der Waals surface area (Å²) in [4.78, 5) is 0.254. The molecule has 0 bridgehead atoms.